The van der Waals surface area contributed by atoms with E-state index in [0.717, 1.165) is 4.90 Å². The van der Waals surface area contributed by atoms with E-state index in [9.17, 15) is 9.90 Å². The molecule has 0 aliphatic rings. The second-order valence-electron chi connectivity index (χ2n) is 3.66. The number of carbonyl (C=O) groups excluding carboxylic acids is 1. The van der Waals surface area contributed by atoms with E-state index in [1.807, 2.05) is 0 Å². The summed E-state index contributed by atoms with van der Waals surface area (Å²) in [5.41, 5.74) is 6.34. The summed E-state index contributed by atoms with van der Waals surface area (Å²) in [7, 11) is 0. The van der Waals surface area contributed by atoms with Crippen LogP contribution in [0.4, 0.5) is 5.69 Å². The minimum Gasteiger partial charge on any atom is -0.466 e. The van der Waals surface area contributed by atoms with Gasteiger partial charge in [0.1, 0.15) is 0 Å². The first-order valence-corrected chi connectivity index (χ1v) is 6.90. The fraction of sp³-hybridized carbons (Fsp3) is 0.417. The van der Waals surface area contributed by atoms with Gasteiger partial charge >= 0.3 is 5.97 Å². The highest BCUT2D eigenvalue weighted by Gasteiger charge is 2.12. The lowest BCUT2D eigenvalue weighted by Crippen LogP contribution is -2.17. The molecule has 0 aliphatic carbocycles. The summed E-state index contributed by atoms with van der Waals surface area (Å²) in [6, 6.07) is 5.18. The molecule has 0 fully saturated rings. The van der Waals surface area contributed by atoms with Crippen LogP contribution in [0.15, 0.2) is 23.1 Å². The summed E-state index contributed by atoms with van der Waals surface area (Å²) in [5.74, 6) is -0.0142. The van der Waals surface area contributed by atoms with Crippen molar-refractivity contribution in [3.05, 3.63) is 23.2 Å². The zero-order valence-electron chi connectivity index (χ0n) is 10.1. The zero-order valence-corrected chi connectivity index (χ0v) is 11.6. The van der Waals surface area contributed by atoms with Crippen LogP contribution in [-0.4, -0.2) is 29.5 Å². The topological polar surface area (TPSA) is 72.5 Å². The van der Waals surface area contributed by atoms with Gasteiger partial charge in [0, 0.05) is 21.4 Å². The summed E-state index contributed by atoms with van der Waals surface area (Å²) in [6.07, 6.45) is -0.752. The molecule has 100 valence electrons. The number of rotatable bonds is 6. The maximum atomic E-state index is 11.1. The molecule has 1 unspecified atom stereocenters. The summed E-state index contributed by atoms with van der Waals surface area (Å²) in [6.45, 7) is 2.05. The molecule has 6 heteroatoms. The molecular formula is C12H16ClNO3S. The van der Waals surface area contributed by atoms with Crippen LogP contribution in [0.3, 0.4) is 0 Å². The van der Waals surface area contributed by atoms with E-state index in [2.05, 4.69) is 0 Å². The number of nitrogens with two attached hydrogens (primary N) is 1. The molecular weight excluding hydrogens is 274 g/mol. The van der Waals surface area contributed by atoms with Crippen molar-refractivity contribution in [1.82, 2.24) is 0 Å². The monoisotopic (exact) mass is 289 g/mol. The highest BCUT2D eigenvalue weighted by molar-refractivity contribution is 7.99. The number of anilines is 1. The summed E-state index contributed by atoms with van der Waals surface area (Å²) in [5, 5.41) is 10.2. The Balaban J connectivity index is 2.42. The van der Waals surface area contributed by atoms with Crippen molar-refractivity contribution in [2.45, 2.75) is 24.3 Å². The van der Waals surface area contributed by atoms with Crippen LogP contribution >= 0.6 is 23.4 Å². The third-order valence-electron chi connectivity index (χ3n) is 2.11. The number of carbonyl (C=O) groups is 1. The Kier molecular flexibility index (Phi) is 6.32. The number of benzene rings is 1. The van der Waals surface area contributed by atoms with E-state index in [1.54, 1.807) is 25.1 Å². The average molecular weight is 290 g/mol. The van der Waals surface area contributed by atoms with E-state index >= 15 is 0 Å². The van der Waals surface area contributed by atoms with Gasteiger partial charge in [0.05, 0.1) is 19.1 Å². The summed E-state index contributed by atoms with van der Waals surface area (Å²) >= 11 is 7.17. The molecule has 18 heavy (non-hydrogen) atoms. The lowest BCUT2D eigenvalue weighted by Gasteiger charge is -2.10. The Morgan fingerprint density at radius 1 is 1.61 bits per heavy atom. The normalized spacial score (nSPS) is 12.2. The number of ether oxygens (including phenoxy) is 1. The van der Waals surface area contributed by atoms with Crippen molar-refractivity contribution in [3.63, 3.8) is 0 Å². The number of thioether (sulfide) groups is 1. The van der Waals surface area contributed by atoms with Crippen LogP contribution < -0.4 is 5.73 Å². The van der Waals surface area contributed by atoms with Gasteiger partial charge in [0.2, 0.25) is 0 Å². The van der Waals surface area contributed by atoms with E-state index < -0.39 is 12.1 Å². The molecule has 0 saturated heterocycles. The van der Waals surface area contributed by atoms with E-state index in [1.165, 1.54) is 11.8 Å². The zero-order chi connectivity index (χ0) is 13.5. The molecule has 0 heterocycles. The van der Waals surface area contributed by atoms with Gasteiger partial charge in [-0.05, 0) is 25.1 Å². The lowest BCUT2D eigenvalue weighted by molar-refractivity contribution is -0.144. The molecule has 1 atom stereocenters. The predicted molar refractivity (Wildman–Crippen MR) is 73.8 cm³/mol. The van der Waals surface area contributed by atoms with Gasteiger partial charge in [-0.25, -0.2) is 0 Å². The highest BCUT2D eigenvalue weighted by atomic mass is 35.5. The van der Waals surface area contributed by atoms with Crippen LogP contribution in [0.2, 0.25) is 5.02 Å². The second-order valence-corrected chi connectivity index (χ2v) is 5.15. The number of halogens is 1. The van der Waals surface area contributed by atoms with Crippen molar-refractivity contribution >= 4 is 35.0 Å². The Labute approximate surface area is 115 Å². The fourth-order valence-electron chi connectivity index (χ4n) is 1.31. The summed E-state index contributed by atoms with van der Waals surface area (Å²) < 4.78 is 4.75. The van der Waals surface area contributed by atoms with Gasteiger partial charge in [-0.1, -0.05) is 11.6 Å². The van der Waals surface area contributed by atoms with Gasteiger partial charge < -0.3 is 15.6 Å². The molecule has 1 aromatic rings. The number of aliphatic hydroxyl groups is 1. The van der Waals surface area contributed by atoms with E-state index in [4.69, 9.17) is 22.1 Å². The third kappa shape index (κ3) is 5.16. The molecule has 3 N–H and O–H groups in total. The smallest absolute Gasteiger partial charge is 0.308 e. The molecule has 0 spiro atoms. The molecule has 4 nitrogen and oxygen atoms in total. The Morgan fingerprint density at radius 3 is 2.94 bits per heavy atom. The van der Waals surface area contributed by atoms with Gasteiger partial charge in [0.15, 0.2) is 0 Å². The van der Waals surface area contributed by atoms with Crippen LogP contribution in [-0.2, 0) is 9.53 Å². The SMILES string of the molecule is CCOC(=O)CC(O)CSc1ccc(Cl)cc1N. The molecule has 0 amide bonds. The van der Waals surface area contributed by atoms with Crippen LogP contribution in [0.25, 0.3) is 0 Å². The van der Waals surface area contributed by atoms with Crippen molar-refractivity contribution in [2.75, 3.05) is 18.1 Å². The average Bonchev–Trinajstić information content (AvgIpc) is 2.28. The van der Waals surface area contributed by atoms with Crippen LogP contribution in [0.5, 0.6) is 0 Å². The van der Waals surface area contributed by atoms with Crippen molar-refractivity contribution in [3.8, 4) is 0 Å². The quantitative estimate of drug-likeness (QED) is 0.478. The van der Waals surface area contributed by atoms with Crippen molar-refractivity contribution < 1.29 is 14.6 Å². The number of aliphatic hydroxyl groups excluding tert-OH is 1. The summed E-state index contributed by atoms with van der Waals surface area (Å²) in [4.78, 5) is 12.0. The predicted octanol–water partition coefficient (Wildman–Crippen LogP) is 2.33. The molecule has 0 aliphatic heterocycles. The molecule has 0 saturated carbocycles. The minimum absolute atomic E-state index is 0.00562. The van der Waals surface area contributed by atoms with Gasteiger partial charge in [0.25, 0.3) is 0 Å². The molecule has 1 rings (SSSR count). The maximum Gasteiger partial charge on any atom is 0.308 e. The molecule has 0 bridgehead atoms. The third-order valence-corrected chi connectivity index (χ3v) is 3.58. The van der Waals surface area contributed by atoms with Gasteiger partial charge in [-0.3, -0.25) is 4.79 Å². The molecule has 0 radical (unpaired) electrons. The van der Waals surface area contributed by atoms with E-state index in [-0.39, 0.29) is 6.42 Å². The Morgan fingerprint density at radius 2 is 2.33 bits per heavy atom. The fourth-order valence-corrected chi connectivity index (χ4v) is 2.37. The first-order valence-electron chi connectivity index (χ1n) is 5.54. The largest absolute Gasteiger partial charge is 0.466 e. The van der Waals surface area contributed by atoms with Gasteiger partial charge in [-0.15, -0.1) is 11.8 Å². The Hall–Kier alpha value is -0.910. The number of hydrogen-bond acceptors (Lipinski definition) is 5. The minimum atomic E-state index is -0.746. The lowest BCUT2D eigenvalue weighted by atomic mass is 10.3. The Bertz CT molecular complexity index is 414. The van der Waals surface area contributed by atoms with Crippen LogP contribution in [0.1, 0.15) is 13.3 Å². The first-order chi connectivity index (χ1) is 8.52. The second kappa shape index (κ2) is 7.51. The maximum absolute atomic E-state index is 11.1. The highest BCUT2D eigenvalue weighted by Crippen LogP contribution is 2.28. The number of esters is 1. The number of hydrogen-bond donors (Lipinski definition) is 2. The van der Waals surface area contributed by atoms with Crippen molar-refractivity contribution in [2.24, 2.45) is 0 Å². The van der Waals surface area contributed by atoms with Crippen molar-refractivity contribution in [1.29, 1.82) is 0 Å². The molecule has 1 aromatic carbocycles. The number of nitrogen functional groups attached to an aromatic ring is 1. The molecule has 0 aromatic heterocycles. The first kappa shape index (κ1) is 15.1. The van der Waals surface area contributed by atoms with Crippen LogP contribution in [0, 0.1) is 0 Å². The standard InChI is InChI=1S/C12H16ClNO3S/c1-2-17-12(16)6-9(15)7-18-11-4-3-8(13)5-10(11)14/h3-5,9,15H,2,6-7,14H2,1H3. The van der Waals surface area contributed by atoms with E-state index in [0.29, 0.717) is 23.1 Å². The van der Waals surface area contributed by atoms with Gasteiger partial charge in [-0.2, -0.15) is 0 Å².